The normalized spacial score (nSPS) is 22.0. The summed E-state index contributed by atoms with van der Waals surface area (Å²) in [6, 6.07) is 5.96. The molecule has 114 valence electrons. The third-order valence-electron chi connectivity index (χ3n) is 4.62. The molecule has 5 nitrogen and oxygen atoms in total. The van der Waals surface area contributed by atoms with Gasteiger partial charge in [-0.15, -0.1) is 0 Å². The minimum Gasteiger partial charge on any atom is -0.393 e. The number of imidazole rings is 1. The van der Waals surface area contributed by atoms with Gasteiger partial charge in [0.2, 0.25) is 0 Å². The molecule has 1 aromatic carbocycles. The Kier molecular flexibility index (Phi) is 3.13. The quantitative estimate of drug-likeness (QED) is 0.724. The Balaban J connectivity index is 2.12. The molecule has 0 bridgehead atoms. The van der Waals surface area contributed by atoms with Crippen LogP contribution in [0.15, 0.2) is 33.7 Å². The maximum Gasteiger partial charge on any atom is 0.329 e. The maximum atomic E-state index is 12.7. The summed E-state index contributed by atoms with van der Waals surface area (Å²) in [6.07, 6.45) is 3.66. The van der Waals surface area contributed by atoms with Crippen molar-refractivity contribution in [3.63, 3.8) is 0 Å². The number of benzene rings is 1. The van der Waals surface area contributed by atoms with Gasteiger partial charge in [0, 0.05) is 22.9 Å². The molecule has 6 heteroatoms. The minimum absolute atomic E-state index is 0.0385. The summed E-state index contributed by atoms with van der Waals surface area (Å²) in [7, 11) is 1.78. The van der Waals surface area contributed by atoms with Crippen molar-refractivity contribution < 1.29 is 5.11 Å². The molecule has 1 N–H and O–H groups in total. The Morgan fingerprint density at radius 2 is 2.18 bits per heavy atom. The molecule has 1 saturated carbocycles. The summed E-state index contributed by atoms with van der Waals surface area (Å²) in [5, 5.41) is 10.8. The third kappa shape index (κ3) is 1.94. The number of halogens is 1. The minimum atomic E-state index is -0.313. The molecule has 1 aliphatic carbocycles. The molecule has 22 heavy (non-hydrogen) atoms. The predicted molar refractivity (Wildman–Crippen MR) is 89.1 cm³/mol. The first-order chi connectivity index (χ1) is 10.6. The SMILES string of the molecule is Cn1c(=O)n(C2CCC(O)C2)c2c3cc(Br)ccc3ncc21. The van der Waals surface area contributed by atoms with Crippen LogP contribution in [0.3, 0.4) is 0 Å². The molecule has 4 rings (SSSR count). The van der Waals surface area contributed by atoms with E-state index in [2.05, 4.69) is 20.9 Å². The van der Waals surface area contributed by atoms with E-state index >= 15 is 0 Å². The maximum absolute atomic E-state index is 12.7. The summed E-state index contributed by atoms with van der Waals surface area (Å²) >= 11 is 3.50. The van der Waals surface area contributed by atoms with E-state index in [0.29, 0.717) is 6.42 Å². The monoisotopic (exact) mass is 361 g/mol. The lowest BCUT2D eigenvalue weighted by Crippen LogP contribution is -2.25. The van der Waals surface area contributed by atoms with Crippen LogP contribution < -0.4 is 5.69 Å². The fourth-order valence-electron chi connectivity index (χ4n) is 3.51. The van der Waals surface area contributed by atoms with Gasteiger partial charge in [0.1, 0.15) is 0 Å². The summed E-state index contributed by atoms with van der Waals surface area (Å²) < 4.78 is 4.46. The van der Waals surface area contributed by atoms with Crippen LogP contribution in [0.2, 0.25) is 0 Å². The standard InChI is InChI=1S/C16H16BrN3O2/c1-19-14-8-18-13-5-2-9(17)6-12(13)15(14)20(16(19)22)10-3-4-11(21)7-10/h2,5-6,8,10-11,21H,3-4,7H2,1H3. The van der Waals surface area contributed by atoms with Gasteiger partial charge in [-0.2, -0.15) is 0 Å². The molecule has 0 amide bonds. The van der Waals surface area contributed by atoms with E-state index in [4.69, 9.17) is 0 Å². The zero-order valence-electron chi connectivity index (χ0n) is 12.2. The van der Waals surface area contributed by atoms with Crippen LogP contribution >= 0.6 is 15.9 Å². The Morgan fingerprint density at radius 1 is 1.36 bits per heavy atom. The Bertz CT molecular complexity index is 944. The van der Waals surface area contributed by atoms with Crippen molar-refractivity contribution >= 4 is 37.9 Å². The van der Waals surface area contributed by atoms with Crippen LogP contribution in [0.5, 0.6) is 0 Å². The van der Waals surface area contributed by atoms with E-state index in [0.717, 1.165) is 39.3 Å². The molecule has 0 spiro atoms. The highest BCUT2D eigenvalue weighted by molar-refractivity contribution is 9.10. The largest absolute Gasteiger partial charge is 0.393 e. The average molecular weight is 362 g/mol. The molecule has 2 heterocycles. The number of aryl methyl sites for hydroxylation is 1. The second-order valence-corrected chi connectivity index (χ2v) is 6.90. The predicted octanol–water partition coefficient (Wildman–Crippen LogP) is 2.74. The number of hydrogen-bond acceptors (Lipinski definition) is 3. The van der Waals surface area contributed by atoms with Crippen LogP contribution in [0, 0.1) is 0 Å². The fraction of sp³-hybridized carbons (Fsp3) is 0.375. The average Bonchev–Trinajstić information content (AvgIpc) is 3.02. The van der Waals surface area contributed by atoms with Gasteiger partial charge in [-0.25, -0.2) is 4.79 Å². The van der Waals surface area contributed by atoms with E-state index < -0.39 is 0 Å². The van der Waals surface area contributed by atoms with Gasteiger partial charge < -0.3 is 5.11 Å². The molecule has 0 saturated heterocycles. The van der Waals surface area contributed by atoms with Crippen molar-refractivity contribution in [1.82, 2.24) is 14.1 Å². The van der Waals surface area contributed by atoms with Crippen LogP contribution in [0.4, 0.5) is 0 Å². The van der Waals surface area contributed by atoms with Gasteiger partial charge >= 0.3 is 5.69 Å². The van der Waals surface area contributed by atoms with Crippen LogP contribution in [-0.4, -0.2) is 25.3 Å². The van der Waals surface area contributed by atoms with Crippen LogP contribution in [0.25, 0.3) is 21.9 Å². The lowest BCUT2D eigenvalue weighted by molar-refractivity contribution is 0.178. The molecule has 2 aromatic heterocycles. The van der Waals surface area contributed by atoms with Crippen LogP contribution in [-0.2, 0) is 7.05 Å². The molecular formula is C16H16BrN3O2. The fourth-order valence-corrected chi connectivity index (χ4v) is 3.87. The number of pyridine rings is 1. The van der Waals surface area contributed by atoms with E-state index in [9.17, 15) is 9.90 Å². The lowest BCUT2D eigenvalue weighted by atomic mass is 10.1. The summed E-state index contributed by atoms with van der Waals surface area (Å²) in [5.74, 6) is 0. The molecule has 0 radical (unpaired) electrons. The molecular weight excluding hydrogens is 346 g/mol. The van der Waals surface area contributed by atoms with Crippen molar-refractivity contribution in [3.8, 4) is 0 Å². The number of aliphatic hydroxyl groups excluding tert-OH is 1. The van der Waals surface area contributed by atoms with Crippen molar-refractivity contribution in [1.29, 1.82) is 0 Å². The Labute approximate surface area is 135 Å². The number of fused-ring (bicyclic) bond motifs is 3. The highest BCUT2D eigenvalue weighted by atomic mass is 79.9. The van der Waals surface area contributed by atoms with E-state index in [1.807, 2.05) is 22.8 Å². The molecule has 1 fully saturated rings. The van der Waals surface area contributed by atoms with Gasteiger partial charge in [-0.05, 0) is 37.5 Å². The second-order valence-electron chi connectivity index (χ2n) is 5.99. The van der Waals surface area contributed by atoms with E-state index in [-0.39, 0.29) is 17.8 Å². The first-order valence-electron chi connectivity index (χ1n) is 7.39. The Hall–Kier alpha value is -1.66. The molecule has 1 aliphatic rings. The molecule has 0 aliphatic heterocycles. The van der Waals surface area contributed by atoms with Crippen molar-refractivity contribution in [2.24, 2.45) is 7.05 Å². The highest BCUT2D eigenvalue weighted by Gasteiger charge is 2.28. The lowest BCUT2D eigenvalue weighted by Gasteiger charge is -2.13. The summed E-state index contributed by atoms with van der Waals surface area (Å²) in [5.41, 5.74) is 2.58. The van der Waals surface area contributed by atoms with Crippen molar-refractivity contribution in [2.75, 3.05) is 0 Å². The highest BCUT2D eigenvalue weighted by Crippen LogP contribution is 2.34. The first-order valence-corrected chi connectivity index (χ1v) is 8.19. The van der Waals surface area contributed by atoms with Crippen molar-refractivity contribution in [2.45, 2.75) is 31.4 Å². The smallest absolute Gasteiger partial charge is 0.329 e. The zero-order valence-corrected chi connectivity index (χ0v) is 13.7. The molecule has 2 unspecified atom stereocenters. The zero-order chi connectivity index (χ0) is 15.4. The molecule has 3 aromatic rings. The first kappa shape index (κ1) is 14.0. The molecule has 2 atom stereocenters. The van der Waals surface area contributed by atoms with E-state index in [1.165, 1.54) is 0 Å². The number of rotatable bonds is 1. The summed E-state index contributed by atoms with van der Waals surface area (Å²) in [6.45, 7) is 0. The number of aliphatic hydroxyl groups is 1. The van der Waals surface area contributed by atoms with E-state index in [1.54, 1.807) is 17.8 Å². The van der Waals surface area contributed by atoms with Gasteiger partial charge in [-0.1, -0.05) is 15.9 Å². The van der Waals surface area contributed by atoms with Gasteiger partial charge in [-0.3, -0.25) is 14.1 Å². The van der Waals surface area contributed by atoms with Gasteiger partial charge in [0.15, 0.2) is 0 Å². The van der Waals surface area contributed by atoms with Crippen molar-refractivity contribution in [3.05, 3.63) is 39.4 Å². The second kappa shape index (κ2) is 4.93. The third-order valence-corrected chi connectivity index (χ3v) is 5.11. The number of aromatic nitrogens is 3. The van der Waals surface area contributed by atoms with Crippen LogP contribution in [0.1, 0.15) is 25.3 Å². The summed E-state index contributed by atoms with van der Waals surface area (Å²) in [4.78, 5) is 17.2. The topological polar surface area (TPSA) is 60.0 Å². The van der Waals surface area contributed by atoms with Gasteiger partial charge in [0.25, 0.3) is 0 Å². The Morgan fingerprint density at radius 3 is 2.91 bits per heavy atom. The number of nitrogens with zero attached hydrogens (tertiary/aromatic N) is 3. The number of hydrogen-bond donors (Lipinski definition) is 1. The van der Waals surface area contributed by atoms with Gasteiger partial charge in [0.05, 0.1) is 28.9 Å².